The second-order valence-corrected chi connectivity index (χ2v) is 5.15. The number of nitrogens with one attached hydrogen (secondary N) is 2. The Balaban J connectivity index is 2.23. The van der Waals surface area contributed by atoms with E-state index in [0.717, 1.165) is 12.5 Å². The van der Waals surface area contributed by atoms with Gasteiger partial charge >= 0.3 is 0 Å². The number of hydrogen-bond acceptors (Lipinski definition) is 1. The van der Waals surface area contributed by atoms with Gasteiger partial charge in [-0.3, -0.25) is 4.99 Å². The minimum absolute atomic E-state index is 0.221. The van der Waals surface area contributed by atoms with Crippen LogP contribution < -0.4 is 10.6 Å². The molecule has 2 aromatic rings. The molecule has 0 bridgehead atoms. The van der Waals surface area contributed by atoms with Gasteiger partial charge in [0.15, 0.2) is 5.96 Å². The topological polar surface area (TPSA) is 36.4 Å². The molecule has 0 amide bonds. The van der Waals surface area contributed by atoms with Crippen molar-refractivity contribution >= 4 is 5.96 Å². The molecule has 23 heavy (non-hydrogen) atoms. The fourth-order valence-corrected chi connectivity index (χ4v) is 2.43. The molecule has 3 heteroatoms. The van der Waals surface area contributed by atoms with Gasteiger partial charge in [0, 0.05) is 12.5 Å². The molecule has 0 aromatic heterocycles. The summed E-state index contributed by atoms with van der Waals surface area (Å²) in [5.41, 5.74) is 2.52. The molecule has 0 heterocycles. The van der Waals surface area contributed by atoms with Crippen molar-refractivity contribution < 1.29 is 0 Å². The summed E-state index contributed by atoms with van der Waals surface area (Å²) < 4.78 is 0. The molecule has 2 aromatic carbocycles. The van der Waals surface area contributed by atoms with Crippen LogP contribution in [-0.2, 0) is 0 Å². The van der Waals surface area contributed by atoms with E-state index in [-0.39, 0.29) is 5.92 Å². The van der Waals surface area contributed by atoms with Gasteiger partial charge in [0.25, 0.3) is 0 Å². The maximum Gasteiger partial charge on any atom is 0.192 e. The summed E-state index contributed by atoms with van der Waals surface area (Å²) in [6.07, 6.45) is 5.32. The van der Waals surface area contributed by atoms with Gasteiger partial charge < -0.3 is 10.6 Å². The van der Waals surface area contributed by atoms with Crippen molar-refractivity contribution in [1.29, 1.82) is 0 Å². The third kappa shape index (κ3) is 5.19. The largest absolute Gasteiger partial charge is 0.357 e. The van der Waals surface area contributed by atoms with Crippen molar-refractivity contribution in [1.82, 2.24) is 10.6 Å². The fourth-order valence-electron chi connectivity index (χ4n) is 2.43. The number of aliphatic imine (C=N–C) groups is 1. The normalized spacial score (nSPS) is 11.1. The van der Waals surface area contributed by atoms with Crippen molar-refractivity contribution in [2.45, 2.75) is 12.8 Å². The van der Waals surface area contributed by atoms with Gasteiger partial charge in [0.1, 0.15) is 0 Å². The van der Waals surface area contributed by atoms with Crippen molar-refractivity contribution in [3.8, 4) is 12.3 Å². The third-order valence-corrected chi connectivity index (χ3v) is 3.54. The number of rotatable bonds is 6. The van der Waals surface area contributed by atoms with Crippen molar-refractivity contribution in [3.05, 3.63) is 71.8 Å². The van der Waals surface area contributed by atoms with Crippen LogP contribution in [0.3, 0.4) is 0 Å². The Morgan fingerprint density at radius 3 is 2.04 bits per heavy atom. The molecule has 2 N–H and O–H groups in total. The van der Waals surface area contributed by atoms with Gasteiger partial charge in [-0.25, -0.2) is 0 Å². The van der Waals surface area contributed by atoms with E-state index in [1.807, 2.05) is 19.1 Å². The lowest BCUT2D eigenvalue weighted by atomic mass is 9.91. The van der Waals surface area contributed by atoms with Crippen LogP contribution in [0.1, 0.15) is 24.0 Å². The average Bonchev–Trinajstić information content (AvgIpc) is 2.61. The molecule has 2 rings (SSSR count). The zero-order valence-corrected chi connectivity index (χ0v) is 13.5. The van der Waals surface area contributed by atoms with Crippen molar-refractivity contribution in [3.63, 3.8) is 0 Å². The quantitative estimate of drug-likeness (QED) is 0.489. The highest BCUT2D eigenvalue weighted by Gasteiger charge is 2.13. The van der Waals surface area contributed by atoms with Gasteiger partial charge in [-0.15, -0.1) is 6.42 Å². The van der Waals surface area contributed by atoms with Crippen LogP contribution in [0.5, 0.6) is 0 Å². The van der Waals surface area contributed by atoms with E-state index >= 15 is 0 Å². The van der Waals surface area contributed by atoms with E-state index < -0.39 is 0 Å². The van der Waals surface area contributed by atoms with Crippen LogP contribution in [0.15, 0.2) is 65.7 Å². The number of benzene rings is 2. The van der Waals surface area contributed by atoms with E-state index in [2.05, 4.69) is 65.1 Å². The van der Waals surface area contributed by atoms with Gasteiger partial charge in [-0.1, -0.05) is 66.6 Å². The van der Waals surface area contributed by atoms with Gasteiger partial charge in [-0.05, 0) is 18.1 Å². The molecule has 3 nitrogen and oxygen atoms in total. The Labute approximate surface area is 138 Å². The minimum atomic E-state index is 0.221. The second kappa shape index (κ2) is 9.32. The lowest BCUT2D eigenvalue weighted by Crippen LogP contribution is -2.37. The third-order valence-electron chi connectivity index (χ3n) is 3.54. The lowest BCUT2D eigenvalue weighted by Gasteiger charge is -2.17. The molecular formula is C20H23N3. The molecule has 0 aliphatic heterocycles. The smallest absolute Gasteiger partial charge is 0.192 e. The summed E-state index contributed by atoms with van der Waals surface area (Å²) in [5, 5.41) is 6.35. The van der Waals surface area contributed by atoms with Crippen LogP contribution >= 0.6 is 0 Å². The van der Waals surface area contributed by atoms with E-state index in [9.17, 15) is 0 Å². The van der Waals surface area contributed by atoms with E-state index in [4.69, 9.17) is 11.4 Å². The Bertz CT molecular complexity index is 602. The highest BCUT2D eigenvalue weighted by Crippen LogP contribution is 2.24. The minimum Gasteiger partial charge on any atom is -0.357 e. The van der Waals surface area contributed by atoms with Crippen LogP contribution in [-0.4, -0.2) is 25.6 Å². The zero-order chi connectivity index (χ0) is 16.3. The average molecular weight is 305 g/mol. The highest BCUT2D eigenvalue weighted by atomic mass is 15.2. The molecular weight excluding hydrogens is 282 g/mol. The standard InChI is InChI=1S/C20H23N3/c1-3-15-22-20(21-4-2)23-16-19(17-11-7-5-8-12-17)18-13-9-6-10-14-18/h1,5-14,19H,4,15-16H2,2H3,(H2,21,22,23). The maximum atomic E-state index is 5.32. The molecule has 0 spiro atoms. The molecule has 0 saturated carbocycles. The molecule has 0 aliphatic rings. The molecule has 0 unspecified atom stereocenters. The Kier molecular flexibility index (Phi) is 6.74. The predicted molar refractivity (Wildman–Crippen MR) is 97.5 cm³/mol. The number of nitrogens with zero attached hydrogens (tertiary/aromatic N) is 1. The van der Waals surface area contributed by atoms with E-state index in [0.29, 0.717) is 13.1 Å². The molecule has 0 aliphatic carbocycles. The first-order chi connectivity index (χ1) is 11.3. The number of hydrogen-bond donors (Lipinski definition) is 2. The summed E-state index contributed by atoms with van der Waals surface area (Å²) in [4.78, 5) is 4.70. The summed E-state index contributed by atoms with van der Waals surface area (Å²) >= 11 is 0. The Morgan fingerprint density at radius 2 is 1.57 bits per heavy atom. The summed E-state index contributed by atoms with van der Waals surface area (Å²) in [6.45, 7) is 3.97. The van der Waals surface area contributed by atoms with Gasteiger partial charge in [0.2, 0.25) is 0 Å². The first-order valence-corrected chi connectivity index (χ1v) is 7.90. The molecule has 118 valence electrons. The lowest BCUT2D eigenvalue weighted by molar-refractivity contribution is 0.792. The first kappa shape index (κ1) is 16.6. The second-order valence-electron chi connectivity index (χ2n) is 5.15. The van der Waals surface area contributed by atoms with Crippen molar-refractivity contribution in [2.24, 2.45) is 4.99 Å². The van der Waals surface area contributed by atoms with Crippen LogP contribution in [0.25, 0.3) is 0 Å². The molecule has 0 atom stereocenters. The van der Waals surface area contributed by atoms with Gasteiger partial charge in [-0.2, -0.15) is 0 Å². The van der Waals surface area contributed by atoms with Crippen LogP contribution in [0, 0.1) is 12.3 Å². The fraction of sp³-hybridized carbons (Fsp3) is 0.250. The zero-order valence-electron chi connectivity index (χ0n) is 13.5. The highest BCUT2D eigenvalue weighted by molar-refractivity contribution is 5.80. The van der Waals surface area contributed by atoms with Gasteiger partial charge in [0.05, 0.1) is 13.1 Å². The Hall–Kier alpha value is -2.73. The number of guanidine groups is 1. The first-order valence-electron chi connectivity index (χ1n) is 7.90. The van der Waals surface area contributed by atoms with Crippen LogP contribution in [0.2, 0.25) is 0 Å². The summed E-state index contributed by atoms with van der Waals surface area (Å²) in [5.74, 6) is 3.55. The summed E-state index contributed by atoms with van der Waals surface area (Å²) in [6, 6.07) is 20.9. The van der Waals surface area contributed by atoms with E-state index in [1.54, 1.807) is 0 Å². The van der Waals surface area contributed by atoms with Crippen molar-refractivity contribution in [2.75, 3.05) is 19.6 Å². The SMILES string of the molecule is C#CCNC(=NCC(c1ccccc1)c1ccccc1)NCC. The molecule has 0 fully saturated rings. The molecule has 0 radical (unpaired) electrons. The Morgan fingerprint density at radius 1 is 1.00 bits per heavy atom. The maximum absolute atomic E-state index is 5.32. The summed E-state index contributed by atoms with van der Waals surface area (Å²) in [7, 11) is 0. The monoisotopic (exact) mass is 305 g/mol. The number of terminal acetylenes is 1. The molecule has 0 saturated heterocycles. The predicted octanol–water partition coefficient (Wildman–Crippen LogP) is 3.01. The van der Waals surface area contributed by atoms with Crippen LogP contribution in [0.4, 0.5) is 0 Å². The van der Waals surface area contributed by atoms with E-state index in [1.165, 1.54) is 11.1 Å².